The van der Waals surface area contributed by atoms with Gasteiger partial charge in [0.2, 0.25) is 0 Å². The van der Waals surface area contributed by atoms with Crippen LogP contribution in [0.5, 0.6) is 0 Å². The van der Waals surface area contributed by atoms with Crippen molar-refractivity contribution in [2.24, 2.45) is 0 Å². The molecule has 2 heteroatoms. The minimum Gasteiger partial charge on any atom is -0.307 e. The fourth-order valence-corrected chi connectivity index (χ4v) is 2.47. The summed E-state index contributed by atoms with van der Waals surface area (Å²) in [5.41, 5.74) is 0. The van der Waals surface area contributed by atoms with Crippen LogP contribution in [0.1, 0.15) is 42.5 Å². The van der Waals surface area contributed by atoms with Crippen LogP contribution in [0.3, 0.4) is 0 Å². The van der Waals surface area contributed by atoms with Crippen molar-refractivity contribution in [2.75, 3.05) is 0 Å². The monoisotopic (exact) mass is 195 g/mol. The standard InChI is InChI=1S/C11H17NS/c1-3-10-6-7-11(13-10)8(2)12-9-4-5-9/h6-9,12H,3-5H2,1-2H3. The number of thiophene rings is 1. The van der Waals surface area contributed by atoms with Crippen LogP contribution < -0.4 is 5.32 Å². The highest BCUT2D eigenvalue weighted by atomic mass is 32.1. The molecule has 0 aliphatic heterocycles. The lowest BCUT2D eigenvalue weighted by molar-refractivity contribution is 0.579. The molecule has 1 heterocycles. The van der Waals surface area contributed by atoms with E-state index in [2.05, 4.69) is 31.3 Å². The highest BCUT2D eigenvalue weighted by Gasteiger charge is 2.23. The zero-order valence-electron chi connectivity index (χ0n) is 8.34. The Kier molecular flexibility index (Phi) is 2.70. The molecule has 1 saturated carbocycles. The van der Waals surface area contributed by atoms with Crippen molar-refractivity contribution in [1.29, 1.82) is 0 Å². The van der Waals surface area contributed by atoms with Crippen molar-refractivity contribution >= 4 is 11.3 Å². The Bertz CT molecular complexity index is 275. The van der Waals surface area contributed by atoms with Gasteiger partial charge in [0.1, 0.15) is 0 Å². The predicted octanol–water partition coefficient (Wildman–Crippen LogP) is 3.12. The highest BCUT2D eigenvalue weighted by Crippen LogP contribution is 2.27. The van der Waals surface area contributed by atoms with Gasteiger partial charge < -0.3 is 5.32 Å². The van der Waals surface area contributed by atoms with E-state index in [1.165, 1.54) is 29.0 Å². The van der Waals surface area contributed by atoms with Gasteiger partial charge in [0.25, 0.3) is 0 Å². The largest absolute Gasteiger partial charge is 0.307 e. The molecule has 1 aliphatic carbocycles. The zero-order valence-corrected chi connectivity index (χ0v) is 9.16. The molecule has 1 nitrogen and oxygen atoms in total. The minimum absolute atomic E-state index is 0.554. The summed E-state index contributed by atoms with van der Waals surface area (Å²) >= 11 is 1.95. The van der Waals surface area contributed by atoms with Gasteiger partial charge in [-0.25, -0.2) is 0 Å². The van der Waals surface area contributed by atoms with Crippen LogP contribution in [-0.4, -0.2) is 6.04 Å². The Balaban J connectivity index is 1.96. The summed E-state index contributed by atoms with van der Waals surface area (Å²) in [5, 5.41) is 3.62. The first-order chi connectivity index (χ1) is 6.29. The Labute approximate surface area is 84.2 Å². The molecule has 0 aromatic carbocycles. The molecule has 0 radical (unpaired) electrons. The maximum Gasteiger partial charge on any atom is 0.0388 e. The van der Waals surface area contributed by atoms with Crippen LogP contribution in [0.2, 0.25) is 0 Å². The first kappa shape index (κ1) is 9.22. The van der Waals surface area contributed by atoms with Crippen molar-refractivity contribution in [3.63, 3.8) is 0 Å². The normalized spacial score (nSPS) is 18.9. The van der Waals surface area contributed by atoms with Crippen LogP contribution in [0.15, 0.2) is 12.1 Å². The van der Waals surface area contributed by atoms with Crippen molar-refractivity contribution in [3.8, 4) is 0 Å². The zero-order chi connectivity index (χ0) is 9.26. The predicted molar refractivity (Wildman–Crippen MR) is 58.3 cm³/mol. The molecule has 1 aromatic heterocycles. The second-order valence-electron chi connectivity index (χ2n) is 3.82. The summed E-state index contributed by atoms with van der Waals surface area (Å²) in [6, 6.07) is 5.88. The number of aryl methyl sites for hydroxylation is 1. The van der Waals surface area contributed by atoms with Gasteiger partial charge in [-0.1, -0.05) is 6.92 Å². The Morgan fingerprint density at radius 2 is 2.31 bits per heavy atom. The van der Waals surface area contributed by atoms with E-state index in [0.717, 1.165) is 6.04 Å². The second kappa shape index (κ2) is 3.81. The van der Waals surface area contributed by atoms with Gasteiger partial charge >= 0.3 is 0 Å². The number of hydrogen-bond acceptors (Lipinski definition) is 2. The van der Waals surface area contributed by atoms with Gasteiger partial charge in [0.15, 0.2) is 0 Å². The highest BCUT2D eigenvalue weighted by molar-refractivity contribution is 7.12. The maximum atomic E-state index is 3.62. The third kappa shape index (κ3) is 2.32. The molecule has 1 aliphatic rings. The van der Waals surface area contributed by atoms with E-state index >= 15 is 0 Å². The Hall–Kier alpha value is -0.340. The third-order valence-electron chi connectivity index (χ3n) is 2.52. The topological polar surface area (TPSA) is 12.0 Å². The molecule has 0 amide bonds. The summed E-state index contributed by atoms with van der Waals surface area (Å²) < 4.78 is 0. The van der Waals surface area contributed by atoms with Crippen LogP contribution in [-0.2, 0) is 6.42 Å². The summed E-state index contributed by atoms with van der Waals surface area (Å²) in [5.74, 6) is 0. The number of hydrogen-bond donors (Lipinski definition) is 1. The van der Waals surface area contributed by atoms with Crippen molar-refractivity contribution in [2.45, 2.75) is 45.2 Å². The summed E-state index contributed by atoms with van der Waals surface area (Å²) in [4.78, 5) is 2.99. The van der Waals surface area contributed by atoms with E-state index in [1.54, 1.807) is 0 Å². The lowest BCUT2D eigenvalue weighted by Crippen LogP contribution is -2.19. The van der Waals surface area contributed by atoms with E-state index in [9.17, 15) is 0 Å². The minimum atomic E-state index is 0.554. The van der Waals surface area contributed by atoms with Gasteiger partial charge in [0.05, 0.1) is 0 Å². The second-order valence-corrected chi connectivity index (χ2v) is 5.02. The molecule has 1 unspecified atom stereocenters. The fraction of sp³-hybridized carbons (Fsp3) is 0.636. The Morgan fingerprint density at radius 1 is 1.54 bits per heavy atom. The average molecular weight is 195 g/mol. The van der Waals surface area contributed by atoms with Gasteiger partial charge in [0, 0.05) is 21.8 Å². The van der Waals surface area contributed by atoms with E-state index in [-0.39, 0.29) is 0 Å². The Morgan fingerprint density at radius 3 is 2.85 bits per heavy atom. The molecule has 0 spiro atoms. The lowest BCUT2D eigenvalue weighted by atomic mass is 10.2. The maximum absolute atomic E-state index is 3.62. The van der Waals surface area contributed by atoms with Gasteiger partial charge in [-0.3, -0.25) is 0 Å². The van der Waals surface area contributed by atoms with Crippen molar-refractivity contribution < 1.29 is 0 Å². The van der Waals surface area contributed by atoms with Gasteiger partial charge in [-0.2, -0.15) is 0 Å². The third-order valence-corrected chi connectivity index (χ3v) is 3.93. The first-order valence-corrected chi connectivity index (χ1v) is 5.96. The van der Waals surface area contributed by atoms with Crippen molar-refractivity contribution in [1.82, 2.24) is 5.32 Å². The van der Waals surface area contributed by atoms with E-state index < -0.39 is 0 Å². The molecule has 0 saturated heterocycles. The number of nitrogens with one attached hydrogen (secondary N) is 1. The van der Waals surface area contributed by atoms with Crippen LogP contribution in [0, 0.1) is 0 Å². The van der Waals surface area contributed by atoms with Crippen LogP contribution >= 0.6 is 11.3 Å². The molecule has 2 rings (SSSR count). The molecule has 1 aromatic rings. The quantitative estimate of drug-likeness (QED) is 0.778. The van der Waals surface area contributed by atoms with E-state index in [4.69, 9.17) is 0 Å². The lowest BCUT2D eigenvalue weighted by Gasteiger charge is -2.10. The first-order valence-electron chi connectivity index (χ1n) is 5.14. The number of rotatable bonds is 4. The molecule has 72 valence electrons. The SMILES string of the molecule is CCc1ccc(C(C)NC2CC2)s1. The molecular weight excluding hydrogens is 178 g/mol. The molecule has 1 fully saturated rings. The summed E-state index contributed by atoms with van der Waals surface area (Å²) in [6.07, 6.45) is 3.91. The molecular formula is C11H17NS. The summed E-state index contributed by atoms with van der Waals surface area (Å²) in [7, 11) is 0. The average Bonchev–Trinajstić information content (AvgIpc) is 2.82. The molecule has 1 N–H and O–H groups in total. The van der Waals surface area contributed by atoms with Crippen LogP contribution in [0.25, 0.3) is 0 Å². The van der Waals surface area contributed by atoms with Gasteiger partial charge in [-0.05, 0) is 38.3 Å². The molecule has 1 atom stereocenters. The van der Waals surface area contributed by atoms with E-state index in [0.29, 0.717) is 6.04 Å². The molecule has 13 heavy (non-hydrogen) atoms. The van der Waals surface area contributed by atoms with Gasteiger partial charge in [-0.15, -0.1) is 11.3 Å². The molecule has 0 bridgehead atoms. The smallest absolute Gasteiger partial charge is 0.0388 e. The summed E-state index contributed by atoms with van der Waals surface area (Å²) in [6.45, 7) is 4.48. The van der Waals surface area contributed by atoms with Crippen LogP contribution in [0.4, 0.5) is 0 Å². The van der Waals surface area contributed by atoms with E-state index in [1.807, 2.05) is 11.3 Å². The fourth-order valence-electron chi connectivity index (χ4n) is 1.50. The van der Waals surface area contributed by atoms with Crippen molar-refractivity contribution in [3.05, 3.63) is 21.9 Å².